The molecule has 0 saturated carbocycles. The van der Waals surface area contributed by atoms with Crippen LogP contribution in [0.25, 0.3) is 0 Å². The summed E-state index contributed by atoms with van der Waals surface area (Å²) in [5.41, 5.74) is 4.59. The zero-order valence-corrected chi connectivity index (χ0v) is 12.6. The van der Waals surface area contributed by atoms with Gasteiger partial charge in [-0.3, -0.25) is 9.80 Å². The molecule has 5 heteroatoms. The minimum Gasteiger partial charge on any atom is -0.322 e. The summed E-state index contributed by atoms with van der Waals surface area (Å²) in [6, 6.07) is 7.07. The van der Waals surface area contributed by atoms with Crippen LogP contribution >= 0.6 is 0 Å². The molecule has 1 aliphatic rings. The molecule has 20 heavy (non-hydrogen) atoms. The lowest BCUT2D eigenvalue weighted by molar-refractivity contribution is -0.113. The van der Waals surface area contributed by atoms with Gasteiger partial charge in [0.1, 0.15) is 0 Å². The molecule has 2 rings (SSSR count). The topological polar surface area (TPSA) is 44.4 Å². The minimum absolute atomic E-state index is 0.126. The molecular weight excluding hydrogens is 257 g/mol. The summed E-state index contributed by atoms with van der Waals surface area (Å²) in [5, 5.41) is 3.95. The lowest BCUT2D eigenvalue weighted by atomic mass is 10.1. The number of hydrazine groups is 1. The number of aryl methyl sites for hydroxylation is 1. The molecule has 0 aromatic heterocycles. The number of nitrogens with one attached hydrogen (secondary N) is 2. The van der Waals surface area contributed by atoms with E-state index >= 15 is 0 Å². The third kappa shape index (κ3) is 3.36. The van der Waals surface area contributed by atoms with Crippen molar-refractivity contribution in [3.05, 3.63) is 41.4 Å². The van der Waals surface area contributed by atoms with Gasteiger partial charge in [0.15, 0.2) is 0 Å². The Labute approximate surface area is 119 Å². The Morgan fingerprint density at radius 3 is 2.45 bits per heavy atom. The molecule has 1 aliphatic heterocycles. The van der Waals surface area contributed by atoms with Crippen molar-refractivity contribution in [3.8, 4) is 0 Å². The van der Waals surface area contributed by atoms with Crippen LogP contribution < -0.4 is 10.7 Å². The average molecular weight is 279 g/mol. The molecule has 0 aliphatic carbocycles. The fourth-order valence-corrected chi connectivity index (χ4v) is 1.96. The predicted octanol–water partition coefficient (Wildman–Crippen LogP) is 2.98. The van der Waals surface area contributed by atoms with Crippen molar-refractivity contribution >= 4 is 11.6 Å². The Balaban J connectivity index is 0.000000956. The van der Waals surface area contributed by atoms with E-state index < -0.39 is 11.9 Å². The number of nitrogens with zero attached hydrogens (tertiary/aromatic N) is 1. The number of benzene rings is 1. The molecule has 1 atom stereocenters. The maximum Gasteiger partial charge on any atom is 0.257 e. The molecule has 1 aromatic rings. The monoisotopic (exact) mass is 279 g/mol. The van der Waals surface area contributed by atoms with E-state index in [1.165, 1.54) is 5.01 Å². The molecule has 2 N–H and O–H groups in total. The van der Waals surface area contributed by atoms with E-state index in [0.717, 1.165) is 5.56 Å². The molecule has 0 spiro atoms. The van der Waals surface area contributed by atoms with Gasteiger partial charge < -0.3 is 5.32 Å². The molecular formula is C15H22FN3O. The van der Waals surface area contributed by atoms with Gasteiger partial charge in [0.2, 0.25) is 5.95 Å². The zero-order valence-electron chi connectivity index (χ0n) is 12.6. The Kier molecular flexibility index (Phi) is 5.70. The SMILES string of the molecule is CC.Cc1ccccc1NC(=O)C1=C(F)N(C)NC1C. The quantitative estimate of drug-likeness (QED) is 0.818. The van der Waals surface area contributed by atoms with E-state index in [1.54, 1.807) is 20.0 Å². The smallest absolute Gasteiger partial charge is 0.257 e. The van der Waals surface area contributed by atoms with Gasteiger partial charge in [0, 0.05) is 12.7 Å². The number of hydrogen-bond acceptors (Lipinski definition) is 3. The minimum atomic E-state index is -0.534. The van der Waals surface area contributed by atoms with Gasteiger partial charge in [-0.1, -0.05) is 32.0 Å². The summed E-state index contributed by atoms with van der Waals surface area (Å²) in [4.78, 5) is 12.1. The molecule has 1 amide bonds. The second-order valence-corrected chi connectivity index (χ2v) is 4.38. The number of amides is 1. The highest BCUT2D eigenvalue weighted by molar-refractivity contribution is 6.05. The first kappa shape index (κ1) is 16.2. The van der Waals surface area contributed by atoms with Crippen LogP contribution in [0.4, 0.5) is 10.1 Å². The van der Waals surface area contributed by atoms with Crippen LogP contribution in [0.3, 0.4) is 0 Å². The highest BCUT2D eigenvalue weighted by atomic mass is 19.1. The summed E-state index contributed by atoms with van der Waals surface area (Å²) >= 11 is 0. The van der Waals surface area contributed by atoms with E-state index in [9.17, 15) is 9.18 Å². The number of rotatable bonds is 2. The summed E-state index contributed by atoms with van der Waals surface area (Å²) in [6.45, 7) is 7.64. The van der Waals surface area contributed by atoms with Gasteiger partial charge in [0.25, 0.3) is 5.91 Å². The number of anilines is 1. The first-order valence-corrected chi connectivity index (χ1v) is 6.77. The standard InChI is InChI=1S/C13H16FN3O.C2H6/c1-8-6-4-5-7-10(8)15-13(18)11-9(2)16-17(3)12(11)14;1-2/h4-7,9,16H,1-3H3,(H,15,18);1-2H3. The van der Waals surface area contributed by atoms with Gasteiger partial charge in [-0.25, -0.2) is 5.43 Å². The van der Waals surface area contributed by atoms with Crippen molar-refractivity contribution in [2.75, 3.05) is 12.4 Å². The van der Waals surface area contributed by atoms with Gasteiger partial charge in [-0.2, -0.15) is 4.39 Å². The summed E-state index contributed by atoms with van der Waals surface area (Å²) in [5.74, 6) is -0.945. The first-order valence-electron chi connectivity index (χ1n) is 6.77. The molecule has 110 valence electrons. The van der Waals surface area contributed by atoms with Crippen LogP contribution in [0.15, 0.2) is 35.8 Å². The van der Waals surface area contributed by atoms with Crippen LogP contribution in [-0.2, 0) is 4.79 Å². The molecule has 0 radical (unpaired) electrons. The maximum atomic E-state index is 13.8. The van der Waals surface area contributed by atoms with Crippen molar-refractivity contribution in [3.63, 3.8) is 0 Å². The van der Waals surface area contributed by atoms with Gasteiger partial charge in [-0.15, -0.1) is 0 Å². The molecule has 1 unspecified atom stereocenters. The lowest BCUT2D eigenvalue weighted by Crippen LogP contribution is -2.33. The fraction of sp³-hybridized carbons (Fsp3) is 0.400. The maximum absolute atomic E-state index is 13.8. The lowest BCUT2D eigenvalue weighted by Gasteiger charge is -2.11. The van der Waals surface area contributed by atoms with E-state index in [-0.39, 0.29) is 11.6 Å². The van der Waals surface area contributed by atoms with Crippen LogP contribution in [-0.4, -0.2) is 24.0 Å². The molecule has 0 fully saturated rings. The van der Waals surface area contributed by atoms with Gasteiger partial charge in [0.05, 0.1) is 11.6 Å². The second kappa shape index (κ2) is 7.05. The zero-order chi connectivity index (χ0) is 15.3. The van der Waals surface area contributed by atoms with Crippen LogP contribution in [0.2, 0.25) is 0 Å². The number of hydrogen-bond donors (Lipinski definition) is 2. The second-order valence-electron chi connectivity index (χ2n) is 4.38. The van der Waals surface area contributed by atoms with Crippen molar-refractivity contribution in [2.24, 2.45) is 0 Å². The highest BCUT2D eigenvalue weighted by Gasteiger charge is 2.31. The molecule has 0 bridgehead atoms. The molecule has 1 heterocycles. The number of carbonyl (C=O) groups excluding carboxylic acids is 1. The van der Waals surface area contributed by atoms with Crippen molar-refractivity contribution in [1.29, 1.82) is 0 Å². The van der Waals surface area contributed by atoms with Crippen molar-refractivity contribution in [2.45, 2.75) is 33.7 Å². The third-order valence-corrected chi connectivity index (χ3v) is 2.97. The summed E-state index contributed by atoms with van der Waals surface area (Å²) in [7, 11) is 1.54. The fourth-order valence-electron chi connectivity index (χ4n) is 1.96. The average Bonchev–Trinajstić information content (AvgIpc) is 2.68. The molecule has 1 aromatic carbocycles. The van der Waals surface area contributed by atoms with Crippen LogP contribution in [0, 0.1) is 6.92 Å². The summed E-state index contributed by atoms with van der Waals surface area (Å²) in [6.07, 6.45) is 0. The number of para-hydroxylation sites is 1. The Morgan fingerprint density at radius 1 is 1.35 bits per heavy atom. The summed E-state index contributed by atoms with van der Waals surface area (Å²) < 4.78 is 13.8. The molecule has 4 nitrogen and oxygen atoms in total. The van der Waals surface area contributed by atoms with E-state index in [1.807, 2.05) is 39.0 Å². The number of halogens is 1. The van der Waals surface area contributed by atoms with Crippen LogP contribution in [0.5, 0.6) is 0 Å². The van der Waals surface area contributed by atoms with Crippen molar-refractivity contribution < 1.29 is 9.18 Å². The Hall–Kier alpha value is -1.88. The van der Waals surface area contributed by atoms with Crippen LogP contribution in [0.1, 0.15) is 26.3 Å². The normalized spacial score (nSPS) is 17.7. The van der Waals surface area contributed by atoms with E-state index in [4.69, 9.17) is 0 Å². The number of carbonyl (C=O) groups is 1. The Bertz CT molecular complexity index is 514. The third-order valence-electron chi connectivity index (χ3n) is 2.97. The van der Waals surface area contributed by atoms with Gasteiger partial charge >= 0.3 is 0 Å². The first-order chi connectivity index (χ1) is 9.50. The molecule has 0 saturated heterocycles. The largest absolute Gasteiger partial charge is 0.322 e. The highest BCUT2D eigenvalue weighted by Crippen LogP contribution is 2.22. The predicted molar refractivity (Wildman–Crippen MR) is 79.7 cm³/mol. The van der Waals surface area contributed by atoms with Crippen molar-refractivity contribution in [1.82, 2.24) is 10.4 Å². The van der Waals surface area contributed by atoms with E-state index in [0.29, 0.717) is 5.69 Å². The Morgan fingerprint density at radius 2 is 1.95 bits per heavy atom. The van der Waals surface area contributed by atoms with Gasteiger partial charge in [-0.05, 0) is 25.5 Å². The van der Waals surface area contributed by atoms with E-state index in [2.05, 4.69) is 10.7 Å².